The molecule has 8 nitrogen and oxygen atoms in total. The van der Waals surface area contributed by atoms with Crippen LogP contribution in [-0.2, 0) is 16.3 Å². The van der Waals surface area contributed by atoms with Crippen LogP contribution in [0.5, 0.6) is 0 Å². The van der Waals surface area contributed by atoms with Gasteiger partial charge in [0.2, 0.25) is 11.9 Å². The third kappa shape index (κ3) is 5.04. The molecule has 0 saturated carbocycles. The number of aromatic nitrogens is 5. The Kier molecular flexibility index (Phi) is 6.11. The molecule has 2 aromatic rings. The molecule has 9 heteroatoms. The summed E-state index contributed by atoms with van der Waals surface area (Å²) in [6.45, 7) is 3.55. The Bertz CT molecular complexity index is 801. The van der Waals surface area contributed by atoms with Gasteiger partial charge < -0.3 is 4.74 Å². The third-order valence-electron chi connectivity index (χ3n) is 4.44. The molecule has 27 heavy (non-hydrogen) atoms. The highest BCUT2D eigenvalue weighted by molar-refractivity contribution is 8.32. The van der Waals surface area contributed by atoms with E-state index >= 15 is 0 Å². The molecular formula is C18H28N6O2S. The average Bonchev–Trinajstić information content (AvgIpc) is 3.02. The number of ether oxygens (including phenoxy) is 1. The number of nitrogens with zero attached hydrogens (tertiary/aromatic N) is 6. The van der Waals surface area contributed by atoms with Crippen molar-refractivity contribution in [1.82, 2.24) is 25.0 Å². The summed E-state index contributed by atoms with van der Waals surface area (Å²) in [4.78, 5) is 18.8. The van der Waals surface area contributed by atoms with E-state index in [4.69, 9.17) is 4.74 Å². The lowest BCUT2D eigenvalue weighted by Gasteiger charge is -2.26. The van der Waals surface area contributed by atoms with Crippen molar-refractivity contribution in [2.75, 3.05) is 42.6 Å². The van der Waals surface area contributed by atoms with Crippen LogP contribution < -0.4 is 4.90 Å². The molecule has 0 unspecified atom stereocenters. The predicted molar refractivity (Wildman–Crippen MR) is 108 cm³/mol. The van der Waals surface area contributed by atoms with Gasteiger partial charge in [-0.25, -0.2) is 14.7 Å². The van der Waals surface area contributed by atoms with E-state index < -0.39 is 10.0 Å². The Balaban J connectivity index is 1.85. The minimum atomic E-state index is -0.611. The first-order valence-corrected chi connectivity index (χ1v) is 12.1. The van der Waals surface area contributed by atoms with Crippen LogP contribution in [0.1, 0.15) is 24.8 Å². The molecule has 1 aliphatic rings. The highest BCUT2D eigenvalue weighted by atomic mass is 32.3. The summed E-state index contributed by atoms with van der Waals surface area (Å²) in [5.74, 6) is 2.21. The normalized spacial score (nSPS) is 16.0. The molecule has 148 valence electrons. The molecule has 0 N–H and O–H groups in total. The SMILES string of the molecule is Cc1cnncc1-c1nc(N2CCCCC2=O)n(COCCS(C)(C)C)n1. The quantitative estimate of drug-likeness (QED) is 0.672. The summed E-state index contributed by atoms with van der Waals surface area (Å²) >= 11 is 0. The lowest BCUT2D eigenvalue weighted by Crippen LogP contribution is -2.37. The van der Waals surface area contributed by atoms with Gasteiger partial charge in [0, 0.05) is 24.3 Å². The van der Waals surface area contributed by atoms with Gasteiger partial charge in [-0.2, -0.15) is 15.2 Å². The molecule has 0 aliphatic carbocycles. The monoisotopic (exact) mass is 392 g/mol. The first-order chi connectivity index (χ1) is 12.8. The van der Waals surface area contributed by atoms with Gasteiger partial charge in [0.05, 0.1) is 19.0 Å². The van der Waals surface area contributed by atoms with Crippen molar-refractivity contribution in [3.05, 3.63) is 18.0 Å². The van der Waals surface area contributed by atoms with Crippen molar-refractivity contribution < 1.29 is 9.53 Å². The highest BCUT2D eigenvalue weighted by Crippen LogP contribution is 2.33. The summed E-state index contributed by atoms with van der Waals surface area (Å²) in [5.41, 5.74) is 1.75. The van der Waals surface area contributed by atoms with Gasteiger partial charge in [0.1, 0.15) is 6.73 Å². The number of piperidine rings is 1. The fourth-order valence-electron chi connectivity index (χ4n) is 2.83. The largest absolute Gasteiger partial charge is 0.358 e. The van der Waals surface area contributed by atoms with E-state index in [-0.39, 0.29) is 12.6 Å². The molecule has 1 aliphatic heterocycles. The third-order valence-corrected chi connectivity index (χ3v) is 5.83. The lowest BCUT2D eigenvalue weighted by molar-refractivity contribution is -0.119. The Morgan fingerprint density at radius 3 is 2.67 bits per heavy atom. The number of carbonyl (C=O) groups is 1. The molecule has 1 amide bonds. The van der Waals surface area contributed by atoms with Crippen LogP contribution in [0.4, 0.5) is 5.95 Å². The predicted octanol–water partition coefficient (Wildman–Crippen LogP) is 2.23. The maximum Gasteiger partial charge on any atom is 0.233 e. The molecule has 0 aromatic carbocycles. The summed E-state index contributed by atoms with van der Waals surface area (Å²) < 4.78 is 7.55. The van der Waals surface area contributed by atoms with Gasteiger partial charge >= 0.3 is 0 Å². The zero-order chi connectivity index (χ0) is 19.4. The standard InChI is InChI=1S/C18H28N6O2S/c1-14-11-19-20-12-15(14)17-21-18(23-8-6-5-7-16(23)25)24(22-17)13-26-9-10-27(2,3)4/h11-12H,5-10,13H2,1-4H3. The van der Waals surface area contributed by atoms with E-state index in [1.54, 1.807) is 22.0 Å². The summed E-state index contributed by atoms with van der Waals surface area (Å²) in [5, 5.41) is 12.4. The van der Waals surface area contributed by atoms with E-state index in [2.05, 4.69) is 39.0 Å². The lowest BCUT2D eigenvalue weighted by atomic mass is 10.1. The van der Waals surface area contributed by atoms with Gasteiger partial charge in [0.25, 0.3) is 0 Å². The van der Waals surface area contributed by atoms with Crippen LogP contribution in [0, 0.1) is 6.92 Å². The van der Waals surface area contributed by atoms with Crippen molar-refractivity contribution in [3.63, 3.8) is 0 Å². The maximum absolute atomic E-state index is 12.4. The Morgan fingerprint density at radius 1 is 1.19 bits per heavy atom. The molecule has 1 saturated heterocycles. The zero-order valence-corrected chi connectivity index (χ0v) is 17.3. The Labute approximate surface area is 161 Å². The number of amides is 1. The molecule has 3 heterocycles. The number of rotatable bonds is 7. The molecule has 1 fully saturated rings. The number of aryl methyl sites for hydroxylation is 1. The molecule has 0 spiro atoms. The summed E-state index contributed by atoms with van der Waals surface area (Å²) in [7, 11) is -0.611. The second kappa shape index (κ2) is 8.35. The van der Waals surface area contributed by atoms with Gasteiger partial charge in [-0.15, -0.1) is 5.10 Å². The highest BCUT2D eigenvalue weighted by Gasteiger charge is 2.26. The molecule has 2 aromatic heterocycles. The van der Waals surface area contributed by atoms with E-state index in [9.17, 15) is 4.79 Å². The van der Waals surface area contributed by atoms with Crippen LogP contribution in [0.25, 0.3) is 11.4 Å². The van der Waals surface area contributed by atoms with E-state index in [0.29, 0.717) is 31.3 Å². The minimum absolute atomic E-state index is 0.0881. The topological polar surface area (TPSA) is 86.0 Å². The minimum Gasteiger partial charge on any atom is -0.358 e. The first kappa shape index (κ1) is 19.8. The molecule has 0 radical (unpaired) electrons. The number of anilines is 1. The molecule has 0 bridgehead atoms. The molecule has 3 rings (SSSR count). The zero-order valence-electron chi connectivity index (χ0n) is 16.5. The Morgan fingerprint density at radius 2 is 1.96 bits per heavy atom. The van der Waals surface area contributed by atoms with Crippen molar-refractivity contribution in [2.24, 2.45) is 0 Å². The van der Waals surface area contributed by atoms with E-state index in [1.807, 2.05) is 6.92 Å². The maximum atomic E-state index is 12.4. The smallest absolute Gasteiger partial charge is 0.233 e. The average molecular weight is 393 g/mol. The van der Waals surface area contributed by atoms with Gasteiger partial charge in [0.15, 0.2) is 5.82 Å². The number of hydrogen-bond donors (Lipinski definition) is 0. The van der Waals surface area contributed by atoms with Crippen molar-refractivity contribution in [2.45, 2.75) is 32.9 Å². The van der Waals surface area contributed by atoms with Crippen LogP contribution in [0.2, 0.25) is 0 Å². The number of carbonyl (C=O) groups excluding carboxylic acids is 1. The first-order valence-electron chi connectivity index (χ1n) is 9.12. The second-order valence-electron chi connectivity index (χ2n) is 7.66. The van der Waals surface area contributed by atoms with Crippen molar-refractivity contribution >= 4 is 21.9 Å². The van der Waals surface area contributed by atoms with Crippen LogP contribution in [0.15, 0.2) is 12.4 Å². The van der Waals surface area contributed by atoms with E-state index in [0.717, 1.165) is 29.7 Å². The van der Waals surface area contributed by atoms with Crippen molar-refractivity contribution in [1.29, 1.82) is 0 Å². The summed E-state index contributed by atoms with van der Waals surface area (Å²) in [6, 6.07) is 0. The van der Waals surface area contributed by atoms with Crippen LogP contribution in [0.3, 0.4) is 0 Å². The van der Waals surface area contributed by atoms with Gasteiger partial charge in [-0.1, -0.05) is 0 Å². The van der Waals surface area contributed by atoms with Gasteiger partial charge in [-0.3, -0.25) is 9.69 Å². The molecular weight excluding hydrogens is 364 g/mol. The number of hydrogen-bond acceptors (Lipinski definition) is 6. The van der Waals surface area contributed by atoms with Gasteiger partial charge in [-0.05, 0) is 44.1 Å². The Hall–Kier alpha value is -2.00. The molecule has 0 atom stereocenters. The van der Waals surface area contributed by atoms with Crippen LogP contribution in [-0.4, -0.2) is 68.5 Å². The second-order valence-corrected chi connectivity index (χ2v) is 12.2. The van der Waals surface area contributed by atoms with Crippen molar-refractivity contribution in [3.8, 4) is 11.4 Å². The fourth-order valence-corrected chi connectivity index (χ4v) is 3.45. The van der Waals surface area contributed by atoms with E-state index in [1.165, 1.54) is 0 Å². The fraction of sp³-hybridized carbons (Fsp3) is 0.611. The van der Waals surface area contributed by atoms with Crippen LogP contribution >= 0.6 is 10.0 Å². The summed E-state index contributed by atoms with van der Waals surface area (Å²) in [6.07, 6.45) is 12.6.